The number of anilines is 2. The molecule has 2 saturated heterocycles. The first-order chi connectivity index (χ1) is 41.2. The minimum absolute atomic E-state index is 0.00169. The Morgan fingerprint density at radius 2 is 1.55 bits per heavy atom. The van der Waals surface area contributed by atoms with Crippen LogP contribution in [0.1, 0.15) is 119 Å². The summed E-state index contributed by atoms with van der Waals surface area (Å²) in [5, 5.41) is 19.7. The van der Waals surface area contributed by atoms with Gasteiger partial charge in [0.1, 0.15) is 37.5 Å². The highest BCUT2D eigenvalue weighted by atomic mass is 32.2. The van der Waals surface area contributed by atoms with Crippen molar-refractivity contribution in [1.82, 2.24) is 60.1 Å². The lowest BCUT2D eigenvalue weighted by Gasteiger charge is -2.39. The lowest BCUT2D eigenvalue weighted by molar-refractivity contribution is -0.142. The van der Waals surface area contributed by atoms with Crippen molar-refractivity contribution < 1.29 is 42.3 Å². The minimum atomic E-state index is -0.626. The number of unbranched alkanes of at least 4 members (excludes halogenated alkanes) is 5. The zero-order valence-electron chi connectivity index (χ0n) is 47.8. The summed E-state index contributed by atoms with van der Waals surface area (Å²) in [5.41, 5.74) is 10.6. The molecular formula is C60H71F2N14O7S2+. The largest absolute Gasteiger partial charge is 0.468 e. The van der Waals surface area contributed by atoms with Crippen molar-refractivity contribution in [2.45, 2.75) is 115 Å². The Labute approximate surface area is 498 Å². The fraction of sp³-hybridized carbons (Fsp3) is 0.450. The molecule has 0 spiro atoms. The Hall–Kier alpha value is -7.90. The van der Waals surface area contributed by atoms with E-state index in [1.54, 1.807) is 52.2 Å². The van der Waals surface area contributed by atoms with Crippen molar-refractivity contribution in [1.29, 1.82) is 0 Å². The number of carbonyl (C=O) groups excluding carboxylic acids is 6. The van der Waals surface area contributed by atoms with Crippen LogP contribution < -0.4 is 31.0 Å². The van der Waals surface area contributed by atoms with E-state index in [-0.39, 0.29) is 84.0 Å². The topological polar surface area (TPSA) is 263 Å². The number of hydrogen-bond donors (Lipinski definition) is 5. The highest BCUT2D eigenvalue weighted by Gasteiger charge is 2.46. The number of nitrogens with one attached hydrogen (secondary N) is 4. The van der Waals surface area contributed by atoms with Gasteiger partial charge in [0.25, 0.3) is 0 Å². The summed E-state index contributed by atoms with van der Waals surface area (Å²) >= 11 is 2.95. The van der Waals surface area contributed by atoms with Gasteiger partial charge < -0.3 is 36.0 Å². The van der Waals surface area contributed by atoms with E-state index in [1.807, 2.05) is 23.1 Å². The zero-order valence-corrected chi connectivity index (χ0v) is 49.4. The van der Waals surface area contributed by atoms with E-state index >= 15 is 8.78 Å². The van der Waals surface area contributed by atoms with E-state index in [2.05, 4.69) is 42.3 Å². The molecule has 85 heavy (non-hydrogen) atoms. The number of fused-ring (bicyclic) bond motifs is 2. The van der Waals surface area contributed by atoms with E-state index in [4.69, 9.17) is 20.9 Å². The van der Waals surface area contributed by atoms with Crippen LogP contribution in [-0.4, -0.2) is 134 Å². The van der Waals surface area contributed by atoms with E-state index in [9.17, 15) is 28.8 Å². The van der Waals surface area contributed by atoms with Gasteiger partial charge in [-0.05, 0) is 74.1 Å². The predicted molar refractivity (Wildman–Crippen MR) is 323 cm³/mol. The van der Waals surface area contributed by atoms with Gasteiger partial charge in [-0.3, -0.25) is 28.7 Å². The van der Waals surface area contributed by atoms with Crippen LogP contribution in [0, 0.1) is 11.6 Å². The minimum Gasteiger partial charge on any atom is -0.468 e. The quantitative estimate of drug-likeness (QED) is 0.0156. The van der Waals surface area contributed by atoms with E-state index in [0.29, 0.717) is 108 Å². The average molecular weight is 1200 g/mol. The first-order valence-corrected chi connectivity index (χ1v) is 31.0. The summed E-state index contributed by atoms with van der Waals surface area (Å²) < 4.78 is 41.3. The normalized spacial score (nSPS) is 16.6. The number of aromatic nitrogens is 7. The number of carbonyl (C=O) groups is 6. The highest BCUT2D eigenvalue weighted by Crippen LogP contribution is 2.45. The maximum absolute atomic E-state index is 16.2. The van der Waals surface area contributed by atoms with Gasteiger partial charge in [0, 0.05) is 91.0 Å². The molecule has 0 radical (unpaired) electrons. The summed E-state index contributed by atoms with van der Waals surface area (Å²) in [6, 6.07) is 15.6. The molecule has 6 N–H and O–H groups in total. The number of nitrogen functional groups attached to an aromatic ring is 1. The number of nitrogens with zero attached hydrogens (tertiary/aromatic N) is 9. The van der Waals surface area contributed by atoms with Crippen LogP contribution in [0.15, 0.2) is 67.0 Å². The number of piperidine rings is 2. The summed E-state index contributed by atoms with van der Waals surface area (Å²) in [7, 11) is 1.20. The lowest BCUT2D eigenvalue weighted by Crippen LogP contribution is -2.65. The second-order valence-corrected chi connectivity index (χ2v) is 23.8. The molecule has 21 nitrogen and oxygen atoms in total. The van der Waals surface area contributed by atoms with Gasteiger partial charge in [-0.1, -0.05) is 67.5 Å². The van der Waals surface area contributed by atoms with Gasteiger partial charge in [-0.2, -0.15) is 5.10 Å². The third-order valence-electron chi connectivity index (χ3n) is 16.2. The SMILES string of the molecule is CCCSNc1cccc(-c2nc(C3CCN(C(=O)CCCCCCCCNC(=O)CCC(=O)[N+]45CCC(CC4)c4nn(CC(=O)NCC(=O)NCC(=O)OC)c6cccc(c46)-c4cc6c(cnn65)cc4F)CC3)sc2-c2ccnc(N)n2)c1F. The molecule has 3 aromatic carbocycles. The predicted octanol–water partition coefficient (Wildman–Crippen LogP) is 8.26. The number of quaternary nitrogens is 1. The maximum Gasteiger partial charge on any atom is 0.340 e. The molecule has 448 valence electrons. The molecule has 4 aromatic heterocycles. The van der Waals surface area contributed by atoms with Crippen LogP contribution in [0.5, 0.6) is 0 Å². The molecule has 0 aliphatic carbocycles. The molecule has 4 aliphatic rings. The van der Waals surface area contributed by atoms with E-state index in [1.165, 1.54) is 36.5 Å². The number of ether oxygens (including phenoxy) is 1. The van der Waals surface area contributed by atoms with Crippen molar-refractivity contribution in [3.63, 3.8) is 0 Å². The Balaban J connectivity index is 0.668. The first-order valence-electron chi connectivity index (χ1n) is 29.2. The molecule has 11 rings (SSSR count). The molecule has 0 unspecified atom stereocenters. The average Bonchev–Trinajstić information content (AvgIpc) is 2.01. The van der Waals surface area contributed by atoms with Crippen LogP contribution in [0.2, 0.25) is 0 Å². The first kappa shape index (κ1) is 60.2. The number of thiazole rings is 1. The van der Waals surface area contributed by atoms with Crippen LogP contribution in [0.25, 0.3) is 54.8 Å². The maximum atomic E-state index is 16.2. The number of amides is 5. The molecule has 7 aromatic rings. The van der Waals surface area contributed by atoms with Crippen LogP contribution in [0.3, 0.4) is 0 Å². The number of benzene rings is 3. The summed E-state index contributed by atoms with van der Waals surface area (Å²) in [6.07, 6.45) is 12.4. The van der Waals surface area contributed by atoms with Crippen molar-refractivity contribution in [3.05, 3.63) is 89.3 Å². The third kappa shape index (κ3) is 13.6. The molecule has 0 saturated carbocycles. The molecule has 0 atom stereocenters. The molecule has 2 fully saturated rings. The third-order valence-corrected chi connectivity index (χ3v) is 18.5. The summed E-state index contributed by atoms with van der Waals surface area (Å²) in [5.74, 6) is -1.90. The van der Waals surface area contributed by atoms with Gasteiger partial charge in [0.05, 0.1) is 64.4 Å². The van der Waals surface area contributed by atoms with Crippen molar-refractivity contribution >= 4 is 92.2 Å². The smallest absolute Gasteiger partial charge is 0.340 e. The standard InChI is InChI=1S/C60H70F2N14O7S2/c1-3-30-84-72-44-14-10-13-41(55(44)62)57-58(45-19-25-65-60(63)69-45)85-59(70-57)38-20-26-73(27-21-38)51(80)16-8-6-4-5-7-9-24-64-48(77)17-18-52(81)76-28-22-37(23-29-76)56-54-40(42-32-47-39(31-43(42)61)33-68-75(47)76)12-11-15-46(54)74(71-56)36-50(79)66-34-49(78)67-35-53(82)83-2/h10-15,19,25,31-33,37-38,72H,3-9,16-18,20-24,26-30,34-36H2,1-2H3,(H4-,63,64,65,66,67,69,77,78,79)/p+1. The molecule has 5 amide bonds. The Bertz CT molecular complexity index is 3610. The lowest BCUT2D eigenvalue weighted by atomic mass is 9.88. The number of nitrogens with two attached hydrogens (primary N) is 1. The van der Waals surface area contributed by atoms with Crippen molar-refractivity contribution in [2.24, 2.45) is 0 Å². The number of likely N-dealkylation sites (tertiary alicyclic amines) is 1. The van der Waals surface area contributed by atoms with Crippen LogP contribution in [0.4, 0.5) is 20.4 Å². The number of hydrogen-bond acceptors (Lipinski definition) is 16. The zero-order chi connectivity index (χ0) is 59.6. The van der Waals surface area contributed by atoms with E-state index in [0.717, 1.165) is 73.4 Å². The van der Waals surface area contributed by atoms with Crippen molar-refractivity contribution in [3.8, 4) is 33.0 Å². The molecule has 4 bridgehead atoms. The molecule has 8 heterocycles. The van der Waals surface area contributed by atoms with Gasteiger partial charge in [0.2, 0.25) is 29.6 Å². The summed E-state index contributed by atoms with van der Waals surface area (Å²) in [4.78, 5) is 96.0. The Morgan fingerprint density at radius 3 is 2.33 bits per heavy atom. The van der Waals surface area contributed by atoms with Gasteiger partial charge in [-0.25, -0.2) is 28.5 Å². The van der Waals surface area contributed by atoms with Crippen LogP contribution >= 0.6 is 23.3 Å². The van der Waals surface area contributed by atoms with Gasteiger partial charge >= 0.3 is 11.9 Å². The van der Waals surface area contributed by atoms with Gasteiger partial charge in [0.15, 0.2) is 5.82 Å². The molecule has 25 heteroatoms. The highest BCUT2D eigenvalue weighted by molar-refractivity contribution is 8.00. The fourth-order valence-corrected chi connectivity index (χ4v) is 13.5. The number of esters is 1. The monoisotopic (exact) mass is 1200 g/mol. The number of halogens is 2. The van der Waals surface area contributed by atoms with E-state index < -0.39 is 23.6 Å². The molecule has 4 aliphatic heterocycles. The Kier molecular flexibility index (Phi) is 19.4. The molecular weight excluding hydrogens is 1130 g/mol. The number of methoxy groups -OCH3 is 1. The summed E-state index contributed by atoms with van der Waals surface area (Å²) in [6.45, 7) is 3.55. The second-order valence-electron chi connectivity index (χ2n) is 21.9. The number of rotatable bonds is 25. The van der Waals surface area contributed by atoms with Gasteiger partial charge in [-0.15, -0.1) is 21.0 Å². The fourth-order valence-electron chi connectivity index (χ4n) is 11.7. The van der Waals surface area contributed by atoms with Crippen LogP contribution in [-0.2, 0) is 40.0 Å². The second kappa shape index (κ2) is 27.4. The van der Waals surface area contributed by atoms with Crippen molar-refractivity contribution in [2.75, 3.05) is 69.1 Å². The Morgan fingerprint density at radius 1 is 0.800 bits per heavy atom.